The summed E-state index contributed by atoms with van der Waals surface area (Å²) in [5.74, 6) is 2.10. The standard InChI is InChI=1S/C15H18N2O2/c1-3-18-13-5-4-6-14(9-13)19-15-8-7-12(10-16-2)11-17-15/h4-9,11,16H,3,10H2,1-2H3. The van der Waals surface area contributed by atoms with Crippen LogP contribution < -0.4 is 14.8 Å². The van der Waals surface area contributed by atoms with E-state index < -0.39 is 0 Å². The average Bonchev–Trinajstić information content (AvgIpc) is 2.42. The van der Waals surface area contributed by atoms with Crippen LogP contribution in [0.2, 0.25) is 0 Å². The van der Waals surface area contributed by atoms with Crippen molar-refractivity contribution in [3.05, 3.63) is 48.2 Å². The zero-order valence-electron chi connectivity index (χ0n) is 11.2. The van der Waals surface area contributed by atoms with Crippen LogP contribution in [0.25, 0.3) is 0 Å². The summed E-state index contributed by atoms with van der Waals surface area (Å²) in [4.78, 5) is 4.27. The summed E-state index contributed by atoms with van der Waals surface area (Å²) in [5.41, 5.74) is 1.12. The van der Waals surface area contributed by atoms with E-state index in [1.165, 1.54) is 0 Å². The van der Waals surface area contributed by atoms with Crippen LogP contribution in [-0.2, 0) is 6.54 Å². The number of aromatic nitrogens is 1. The second-order valence-corrected chi connectivity index (χ2v) is 4.04. The van der Waals surface area contributed by atoms with E-state index >= 15 is 0 Å². The highest BCUT2D eigenvalue weighted by Gasteiger charge is 2.01. The molecule has 0 aliphatic rings. The van der Waals surface area contributed by atoms with Crippen molar-refractivity contribution in [2.24, 2.45) is 0 Å². The first-order valence-corrected chi connectivity index (χ1v) is 6.32. The maximum Gasteiger partial charge on any atom is 0.219 e. The van der Waals surface area contributed by atoms with Crippen molar-refractivity contribution in [2.45, 2.75) is 13.5 Å². The Balaban J connectivity index is 2.05. The Morgan fingerprint density at radius 3 is 2.68 bits per heavy atom. The summed E-state index contributed by atoms with van der Waals surface area (Å²) >= 11 is 0. The van der Waals surface area contributed by atoms with E-state index in [1.54, 1.807) is 6.20 Å². The Morgan fingerprint density at radius 1 is 1.16 bits per heavy atom. The zero-order chi connectivity index (χ0) is 13.5. The van der Waals surface area contributed by atoms with Gasteiger partial charge in [0.05, 0.1) is 6.61 Å². The largest absolute Gasteiger partial charge is 0.494 e. The molecule has 0 aliphatic heterocycles. The van der Waals surface area contributed by atoms with E-state index in [1.807, 2.05) is 50.4 Å². The number of ether oxygens (including phenoxy) is 2. The molecule has 0 fully saturated rings. The monoisotopic (exact) mass is 258 g/mol. The van der Waals surface area contributed by atoms with Crippen LogP contribution in [-0.4, -0.2) is 18.6 Å². The van der Waals surface area contributed by atoms with Gasteiger partial charge >= 0.3 is 0 Å². The number of benzene rings is 1. The van der Waals surface area contributed by atoms with Crippen molar-refractivity contribution in [3.63, 3.8) is 0 Å². The van der Waals surface area contributed by atoms with Crippen molar-refractivity contribution in [3.8, 4) is 17.4 Å². The van der Waals surface area contributed by atoms with Crippen LogP contribution in [0.3, 0.4) is 0 Å². The van der Waals surface area contributed by atoms with Crippen LogP contribution in [0.4, 0.5) is 0 Å². The molecule has 0 spiro atoms. The minimum absolute atomic E-state index is 0.577. The van der Waals surface area contributed by atoms with Gasteiger partial charge in [0.2, 0.25) is 5.88 Å². The van der Waals surface area contributed by atoms with Gasteiger partial charge in [-0.25, -0.2) is 4.98 Å². The third-order valence-corrected chi connectivity index (χ3v) is 2.52. The molecule has 0 amide bonds. The van der Waals surface area contributed by atoms with E-state index in [-0.39, 0.29) is 0 Å². The van der Waals surface area contributed by atoms with Crippen LogP contribution >= 0.6 is 0 Å². The number of hydrogen-bond donors (Lipinski definition) is 1. The van der Waals surface area contributed by atoms with Gasteiger partial charge < -0.3 is 14.8 Å². The molecule has 4 heteroatoms. The summed E-state index contributed by atoms with van der Waals surface area (Å²) in [5, 5.41) is 3.08. The molecule has 1 aromatic heterocycles. The van der Waals surface area contributed by atoms with Crippen LogP contribution in [0, 0.1) is 0 Å². The van der Waals surface area contributed by atoms with Gasteiger partial charge in [-0.05, 0) is 31.7 Å². The molecule has 0 radical (unpaired) electrons. The molecule has 100 valence electrons. The molecule has 2 aromatic rings. The molecule has 19 heavy (non-hydrogen) atoms. The molecule has 0 aliphatic carbocycles. The van der Waals surface area contributed by atoms with Crippen LogP contribution in [0.15, 0.2) is 42.6 Å². The number of nitrogens with one attached hydrogen (secondary N) is 1. The molecule has 0 saturated carbocycles. The molecule has 1 N–H and O–H groups in total. The molecule has 0 unspecified atom stereocenters. The highest BCUT2D eigenvalue weighted by atomic mass is 16.5. The quantitative estimate of drug-likeness (QED) is 0.865. The van der Waals surface area contributed by atoms with Gasteiger partial charge in [0, 0.05) is 24.9 Å². The number of pyridine rings is 1. The predicted molar refractivity (Wildman–Crippen MR) is 74.7 cm³/mol. The maximum absolute atomic E-state index is 5.69. The predicted octanol–water partition coefficient (Wildman–Crippen LogP) is 2.99. The summed E-state index contributed by atoms with van der Waals surface area (Å²) in [7, 11) is 1.91. The molecule has 0 bridgehead atoms. The normalized spacial score (nSPS) is 10.2. The second kappa shape index (κ2) is 6.75. The van der Waals surface area contributed by atoms with Gasteiger partial charge in [-0.3, -0.25) is 0 Å². The van der Waals surface area contributed by atoms with Crippen LogP contribution in [0.5, 0.6) is 17.4 Å². The Kier molecular flexibility index (Phi) is 4.75. The van der Waals surface area contributed by atoms with Crippen molar-refractivity contribution in [2.75, 3.05) is 13.7 Å². The zero-order valence-corrected chi connectivity index (χ0v) is 11.2. The molecular formula is C15H18N2O2. The SMILES string of the molecule is CCOc1cccc(Oc2ccc(CNC)cn2)c1. The van der Waals surface area contributed by atoms with Crippen LogP contribution in [0.1, 0.15) is 12.5 Å². The Labute approximate surface area is 113 Å². The van der Waals surface area contributed by atoms with Gasteiger partial charge in [0.25, 0.3) is 0 Å². The smallest absolute Gasteiger partial charge is 0.219 e. The Morgan fingerprint density at radius 2 is 2.00 bits per heavy atom. The van der Waals surface area contributed by atoms with Gasteiger partial charge in [-0.15, -0.1) is 0 Å². The van der Waals surface area contributed by atoms with E-state index in [4.69, 9.17) is 9.47 Å². The molecule has 2 rings (SSSR count). The number of nitrogens with zero attached hydrogens (tertiary/aromatic N) is 1. The summed E-state index contributed by atoms with van der Waals surface area (Å²) in [6, 6.07) is 11.4. The van der Waals surface area contributed by atoms with E-state index in [9.17, 15) is 0 Å². The lowest BCUT2D eigenvalue weighted by molar-refractivity contribution is 0.338. The first-order valence-electron chi connectivity index (χ1n) is 6.32. The van der Waals surface area contributed by atoms with Gasteiger partial charge in [-0.1, -0.05) is 12.1 Å². The molecular weight excluding hydrogens is 240 g/mol. The first-order chi connectivity index (χ1) is 9.31. The summed E-state index contributed by atoms with van der Waals surface area (Å²) in [6.07, 6.45) is 1.80. The Bertz CT molecular complexity index is 512. The first kappa shape index (κ1) is 13.4. The van der Waals surface area contributed by atoms with Gasteiger partial charge in [-0.2, -0.15) is 0 Å². The van der Waals surface area contributed by atoms with Crippen molar-refractivity contribution >= 4 is 0 Å². The van der Waals surface area contributed by atoms with E-state index in [0.717, 1.165) is 23.6 Å². The minimum atomic E-state index is 0.577. The highest BCUT2D eigenvalue weighted by Crippen LogP contribution is 2.24. The lowest BCUT2D eigenvalue weighted by Gasteiger charge is -2.08. The van der Waals surface area contributed by atoms with Crippen molar-refractivity contribution < 1.29 is 9.47 Å². The number of rotatable bonds is 6. The fourth-order valence-electron chi connectivity index (χ4n) is 1.69. The molecule has 1 heterocycles. The average molecular weight is 258 g/mol. The molecule has 0 atom stereocenters. The van der Waals surface area contributed by atoms with E-state index in [0.29, 0.717) is 12.5 Å². The second-order valence-electron chi connectivity index (χ2n) is 4.04. The minimum Gasteiger partial charge on any atom is -0.494 e. The lowest BCUT2D eigenvalue weighted by atomic mass is 10.3. The topological polar surface area (TPSA) is 43.4 Å². The van der Waals surface area contributed by atoms with Crippen molar-refractivity contribution in [1.29, 1.82) is 0 Å². The summed E-state index contributed by atoms with van der Waals surface area (Å²) < 4.78 is 11.1. The van der Waals surface area contributed by atoms with Crippen molar-refractivity contribution in [1.82, 2.24) is 10.3 Å². The summed E-state index contributed by atoms with van der Waals surface area (Å²) in [6.45, 7) is 3.39. The third kappa shape index (κ3) is 3.96. The van der Waals surface area contributed by atoms with Gasteiger partial charge in [0.15, 0.2) is 0 Å². The van der Waals surface area contributed by atoms with Gasteiger partial charge in [0.1, 0.15) is 11.5 Å². The molecule has 4 nitrogen and oxygen atoms in total. The van der Waals surface area contributed by atoms with E-state index in [2.05, 4.69) is 10.3 Å². The fraction of sp³-hybridized carbons (Fsp3) is 0.267. The number of hydrogen-bond acceptors (Lipinski definition) is 4. The molecule has 0 saturated heterocycles. The Hall–Kier alpha value is -2.07. The molecule has 1 aromatic carbocycles. The highest BCUT2D eigenvalue weighted by molar-refractivity contribution is 5.35. The fourth-order valence-corrected chi connectivity index (χ4v) is 1.69. The third-order valence-electron chi connectivity index (χ3n) is 2.52. The maximum atomic E-state index is 5.69. The lowest BCUT2D eigenvalue weighted by Crippen LogP contribution is -2.05.